The van der Waals surface area contributed by atoms with E-state index in [4.69, 9.17) is 4.74 Å². The predicted octanol–water partition coefficient (Wildman–Crippen LogP) is 2.26. The summed E-state index contributed by atoms with van der Waals surface area (Å²) in [5.41, 5.74) is 3.43. The number of benzene rings is 2. The zero-order valence-corrected chi connectivity index (χ0v) is 18.6. The summed E-state index contributed by atoms with van der Waals surface area (Å²) in [4.78, 5) is 16.8. The maximum atomic E-state index is 13.0. The fourth-order valence-electron chi connectivity index (χ4n) is 3.57. The third-order valence-electron chi connectivity index (χ3n) is 5.24. The summed E-state index contributed by atoms with van der Waals surface area (Å²) in [6, 6.07) is 15.2. The summed E-state index contributed by atoms with van der Waals surface area (Å²) >= 11 is 0. The highest BCUT2D eigenvalue weighted by Gasteiger charge is 2.24. The number of hydrogen-bond donors (Lipinski definition) is 0. The molecule has 0 radical (unpaired) electrons. The molecular weight excluding hydrogens is 402 g/mol. The van der Waals surface area contributed by atoms with Gasteiger partial charge in [0, 0.05) is 32.4 Å². The van der Waals surface area contributed by atoms with Crippen molar-refractivity contribution in [2.75, 3.05) is 55.4 Å². The molecule has 1 saturated heterocycles. The summed E-state index contributed by atoms with van der Waals surface area (Å²) in [6.45, 7) is 4.98. The number of rotatable bonds is 7. The van der Waals surface area contributed by atoms with E-state index < -0.39 is 10.0 Å². The molecule has 0 bridgehead atoms. The van der Waals surface area contributed by atoms with Gasteiger partial charge in [-0.3, -0.25) is 9.10 Å². The van der Waals surface area contributed by atoms with Crippen LogP contribution in [0.15, 0.2) is 48.5 Å². The number of carbonyl (C=O) groups excluding carboxylic acids is 1. The van der Waals surface area contributed by atoms with E-state index >= 15 is 0 Å². The predicted molar refractivity (Wildman–Crippen MR) is 119 cm³/mol. The molecule has 0 aliphatic carbocycles. The summed E-state index contributed by atoms with van der Waals surface area (Å²) in [7, 11) is -1.90. The maximum Gasteiger partial charge on any atom is 0.243 e. The lowest BCUT2D eigenvalue weighted by atomic mass is 10.1. The molecule has 30 heavy (non-hydrogen) atoms. The quantitative estimate of drug-likeness (QED) is 0.673. The Hall–Kier alpha value is -2.58. The van der Waals surface area contributed by atoms with Crippen molar-refractivity contribution in [2.45, 2.75) is 13.5 Å². The Kier molecular flexibility index (Phi) is 6.99. The first-order chi connectivity index (χ1) is 14.3. The Bertz CT molecular complexity index is 987. The molecule has 0 unspecified atom stereocenters. The van der Waals surface area contributed by atoms with Crippen LogP contribution in [0, 0.1) is 6.92 Å². The fourth-order valence-corrected chi connectivity index (χ4v) is 4.48. The number of para-hydroxylation sites is 2. The van der Waals surface area contributed by atoms with Gasteiger partial charge in [0.15, 0.2) is 0 Å². The van der Waals surface area contributed by atoms with Gasteiger partial charge in [0.25, 0.3) is 0 Å². The van der Waals surface area contributed by atoms with Gasteiger partial charge >= 0.3 is 0 Å². The Balaban J connectivity index is 1.77. The molecule has 0 aromatic heterocycles. The van der Waals surface area contributed by atoms with Crippen molar-refractivity contribution in [2.24, 2.45) is 0 Å². The van der Waals surface area contributed by atoms with Gasteiger partial charge in [0.05, 0.1) is 25.2 Å². The number of likely N-dealkylation sites (N-methyl/N-ethyl adjacent to an activating group) is 1. The molecule has 8 heteroatoms. The summed E-state index contributed by atoms with van der Waals surface area (Å²) in [5, 5.41) is 0. The van der Waals surface area contributed by atoms with E-state index in [0.29, 0.717) is 25.4 Å². The highest BCUT2D eigenvalue weighted by atomic mass is 32.2. The standard InChI is InChI=1S/C22H29N3O4S/c1-18-8-4-6-10-20(18)25(30(3,27)28)17-22(26)23(2)16-19-9-5-7-11-21(19)24-12-14-29-15-13-24/h4-11H,12-17H2,1-3H3. The molecule has 1 heterocycles. The molecular formula is C22H29N3O4S. The van der Waals surface area contributed by atoms with E-state index in [-0.39, 0.29) is 12.5 Å². The monoisotopic (exact) mass is 431 g/mol. The minimum Gasteiger partial charge on any atom is -0.378 e. The van der Waals surface area contributed by atoms with E-state index in [2.05, 4.69) is 11.0 Å². The smallest absolute Gasteiger partial charge is 0.243 e. The van der Waals surface area contributed by atoms with Gasteiger partial charge in [-0.2, -0.15) is 0 Å². The molecule has 0 saturated carbocycles. The first kappa shape index (κ1) is 22.1. The van der Waals surface area contributed by atoms with Crippen molar-refractivity contribution in [1.29, 1.82) is 0 Å². The van der Waals surface area contributed by atoms with Gasteiger partial charge in [-0.05, 0) is 30.2 Å². The molecule has 1 fully saturated rings. The summed E-state index contributed by atoms with van der Waals surface area (Å²) in [6.07, 6.45) is 1.13. The molecule has 0 spiro atoms. The Labute approximate surface area is 178 Å². The van der Waals surface area contributed by atoms with E-state index in [0.717, 1.165) is 36.2 Å². The van der Waals surface area contributed by atoms with E-state index in [9.17, 15) is 13.2 Å². The van der Waals surface area contributed by atoms with Crippen LogP contribution in [0.4, 0.5) is 11.4 Å². The van der Waals surface area contributed by atoms with Crippen LogP contribution in [-0.2, 0) is 26.1 Å². The molecule has 2 aromatic rings. The van der Waals surface area contributed by atoms with Crippen molar-refractivity contribution < 1.29 is 17.9 Å². The molecule has 0 atom stereocenters. The van der Waals surface area contributed by atoms with Gasteiger partial charge < -0.3 is 14.5 Å². The summed E-state index contributed by atoms with van der Waals surface area (Å²) < 4.78 is 31.4. The molecule has 2 aromatic carbocycles. The van der Waals surface area contributed by atoms with E-state index in [1.165, 1.54) is 4.31 Å². The molecule has 1 aliphatic rings. The number of nitrogens with zero attached hydrogens (tertiary/aromatic N) is 3. The number of hydrogen-bond acceptors (Lipinski definition) is 5. The lowest BCUT2D eigenvalue weighted by Gasteiger charge is -2.32. The minimum atomic E-state index is -3.60. The number of amides is 1. The lowest BCUT2D eigenvalue weighted by molar-refractivity contribution is -0.128. The van der Waals surface area contributed by atoms with Crippen LogP contribution < -0.4 is 9.21 Å². The van der Waals surface area contributed by atoms with Crippen LogP contribution in [-0.4, -0.2) is 65.4 Å². The second-order valence-electron chi connectivity index (χ2n) is 7.53. The fraction of sp³-hybridized carbons (Fsp3) is 0.409. The van der Waals surface area contributed by atoms with Crippen LogP contribution >= 0.6 is 0 Å². The van der Waals surface area contributed by atoms with Crippen LogP contribution in [0.1, 0.15) is 11.1 Å². The van der Waals surface area contributed by atoms with Crippen LogP contribution in [0.3, 0.4) is 0 Å². The Morgan fingerprint density at radius 1 is 1.07 bits per heavy atom. The third-order valence-corrected chi connectivity index (χ3v) is 6.37. The molecule has 3 rings (SSSR count). The second-order valence-corrected chi connectivity index (χ2v) is 9.44. The minimum absolute atomic E-state index is 0.236. The van der Waals surface area contributed by atoms with Gasteiger partial charge in [-0.15, -0.1) is 0 Å². The first-order valence-electron chi connectivity index (χ1n) is 9.95. The van der Waals surface area contributed by atoms with E-state index in [1.807, 2.05) is 37.3 Å². The average Bonchev–Trinajstić information content (AvgIpc) is 2.72. The number of ether oxygens (including phenoxy) is 1. The summed E-state index contributed by atoms with van der Waals surface area (Å²) in [5.74, 6) is -0.263. The molecule has 7 nitrogen and oxygen atoms in total. The number of carbonyl (C=O) groups is 1. The lowest BCUT2D eigenvalue weighted by Crippen LogP contribution is -2.41. The molecule has 162 valence electrons. The number of aryl methyl sites for hydroxylation is 1. The van der Waals surface area contributed by atoms with Gasteiger partial charge in [-0.25, -0.2) is 8.42 Å². The van der Waals surface area contributed by atoms with Crippen molar-refractivity contribution in [3.8, 4) is 0 Å². The normalized spacial score (nSPS) is 14.4. The van der Waals surface area contributed by atoms with Gasteiger partial charge in [-0.1, -0.05) is 36.4 Å². The van der Waals surface area contributed by atoms with Crippen LogP contribution in [0.25, 0.3) is 0 Å². The molecule has 1 aliphatic heterocycles. The SMILES string of the molecule is Cc1ccccc1N(CC(=O)N(C)Cc1ccccc1N1CCOCC1)S(C)(=O)=O. The van der Waals surface area contributed by atoms with Crippen molar-refractivity contribution in [3.05, 3.63) is 59.7 Å². The number of anilines is 2. The topological polar surface area (TPSA) is 70.2 Å². The maximum absolute atomic E-state index is 13.0. The zero-order valence-electron chi connectivity index (χ0n) is 17.7. The zero-order chi connectivity index (χ0) is 21.7. The largest absolute Gasteiger partial charge is 0.378 e. The van der Waals surface area contributed by atoms with Gasteiger partial charge in [0.2, 0.25) is 15.9 Å². The van der Waals surface area contributed by atoms with Crippen LogP contribution in [0.5, 0.6) is 0 Å². The Morgan fingerprint density at radius 2 is 1.70 bits per heavy atom. The van der Waals surface area contributed by atoms with Crippen molar-refractivity contribution >= 4 is 27.3 Å². The highest BCUT2D eigenvalue weighted by Crippen LogP contribution is 2.24. The molecule has 0 N–H and O–H groups in total. The number of morpholine rings is 1. The van der Waals surface area contributed by atoms with Crippen LogP contribution in [0.2, 0.25) is 0 Å². The average molecular weight is 432 g/mol. The first-order valence-corrected chi connectivity index (χ1v) is 11.8. The molecule has 1 amide bonds. The highest BCUT2D eigenvalue weighted by molar-refractivity contribution is 7.92. The van der Waals surface area contributed by atoms with Crippen molar-refractivity contribution in [1.82, 2.24) is 4.90 Å². The van der Waals surface area contributed by atoms with E-state index in [1.54, 1.807) is 24.1 Å². The third kappa shape index (κ3) is 5.31. The second kappa shape index (κ2) is 9.49. The van der Waals surface area contributed by atoms with Crippen molar-refractivity contribution in [3.63, 3.8) is 0 Å². The Morgan fingerprint density at radius 3 is 2.37 bits per heavy atom. The number of sulfonamides is 1. The van der Waals surface area contributed by atoms with Gasteiger partial charge in [0.1, 0.15) is 6.54 Å².